The van der Waals surface area contributed by atoms with Crippen molar-refractivity contribution >= 4 is 15.9 Å². The van der Waals surface area contributed by atoms with Crippen molar-refractivity contribution in [3.8, 4) is 0 Å². The Labute approximate surface area is 93.6 Å². The lowest BCUT2D eigenvalue weighted by atomic mass is 10.1. The van der Waals surface area contributed by atoms with E-state index in [4.69, 9.17) is 4.74 Å². The number of ether oxygens (including phenoxy) is 1. The first-order chi connectivity index (χ1) is 6.90. The maximum atomic E-state index is 5.85. The highest BCUT2D eigenvalue weighted by Gasteiger charge is 2.23. The van der Waals surface area contributed by atoms with Gasteiger partial charge in [0.05, 0.1) is 12.7 Å². The average Bonchev–Trinajstić information content (AvgIpc) is 3.04. The standard InChI is InChI=1S/C12H15BrO/c13-8-12(14-9-10-6-7-10)11-4-2-1-3-5-11/h1-5,10,12H,6-9H2. The first-order valence-electron chi connectivity index (χ1n) is 5.12. The third-order valence-corrected chi connectivity index (χ3v) is 3.13. The summed E-state index contributed by atoms with van der Waals surface area (Å²) in [6, 6.07) is 10.4. The average molecular weight is 255 g/mol. The fourth-order valence-corrected chi connectivity index (χ4v) is 2.00. The van der Waals surface area contributed by atoms with Gasteiger partial charge in [-0.1, -0.05) is 46.3 Å². The molecule has 0 spiro atoms. The fourth-order valence-electron chi connectivity index (χ4n) is 1.43. The van der Waals surface area contributed by atoms with E-state index in [1.165, 1.54) is 18.4 Å². The van der Waals surface area contributed by atoms with Crippen molar-refractivity contribution in [2.45, 2.75) is 18.9 Å². The minimum atomic E-state index is 0.219. The van der Waals surface area contributed by atoms with Crippen molar-refractivity contribution in [2.24, 2.45) is 5.92 Å². The molecule has 1 saturated carbocycles. The monoisotopic (exact) mass is 254 g/mol. The van der Waals surface area contributed by atoms with Gasteiger partial charge in [-0.2, -0.15) is 0 Å². The topological polar surface area (TPSA) is 9.23 Å². The second-order valence-corrected chi connectivity index (χ2v) is 4.48. The highest BCUT2D eigenvalue weighted by molar-refractivity contribution is 9.09. The fraction of sp³-hybridized carbons (Fsp3) is 0.500. The van der Waals surface area contributed by atoms with Gasteiger partial charge in [0.1, 0.15) is 0 Å². The SMILES string of the molecule is BrCC(OCC1CC1)c1ccccc1. The zero-order chi connectivity index (χ0) is 9.80. The van der Waals surface area contributed by atoms with Crippen LogP contribution in [0.4, 0.5) is 0 Å². The normalized spacial score (nSPS) is 18.1. The number of rotatable bonds is 5. The quantitative estimate of drug-likeness (QED) is 0.731. The van der Waals surface area contributed by atoms with Gasteiger partial charge < -0.3 is 4.74 Å². The molecule has 0 bridgehead atoms. The minimum absolute atomic E-state index is 0.219. The van der Waals surface area contributed by atoms with Crippen LogP contribution in [0.2, 0.25) is 0 Å². The Morgan fingerprint density at radius 3 is 2.57 bits per heavy atom. The number of hydrogen-bond donors (Lipinski definition) is 0. The van der Waals surface area contributed by atoms with Crippen LogP contribution >= 0.6 is 15.9 Å². The van der Waals surface area contributed by atoms with Crippen molar-refractivity contribution in [1.82, 2.24) is 0 Å². The van der Waals surface area contributed by atoms with Gasteiger partial charge in [-0.3, -0.25) is 0 Å². The predicted octanol–water partition coefficient (Wildman–Crippen LogP) is 3.55. The van der Waals surface area contributed by atoms with Crippen molar-refractivity contribution in [3.05, 3.63) is 35.9 Å². The van der Waals surface area contributed by atoms with Gasteiger partial charge in [0, 0.05) is 5.33 Å². The Kier molecular flexibility index (Phi) is 3.60. The molecule has 76 valence electrons. The lowest BCUT2D eigenvalue weighted by Crippen LogP contribution is -2.07. The summed E-state index contributed by atoms with van der Waals surface area (Å²) in [7, 11) is 0. The van der Waals surface area contributed by atoms with E-state index in [1.54, 1.807) is 0 Å². The van der Waals surface area contributed by atoms with Gasteiger partial charge in [0.2, 0.25) is 0 Å². The first-order valence-corrected chi connectivity index (χ1v) is 6.25. The molecule has 1 aromatic carbocycles. The van der Waals surface area contributed by atoms with Gasteiger partial charge in [0.15, 0.2) is 0 Å². The van der Waals surface area contributed by atoms with Gasteiger partial charge >= 0.3 is 0 Å². The molecule has 0 saturated heterocycles. The summed E-state index contributed by atoms with van der Waals surface area (Å²) in [5.74, 6) is 0.834. The molecule has 0 aromatic heterocycles. The Morgan fingerprint density at radius 2 is 2.00 bits per heavy atom. The summed E-state index contributed by atoms with van der Waals surface area (Å²) in [5.41, 5.74) is 1.27. The summed E-state index contributed by atoms with van der Waals surface area (Å²) in [6.07, 6.45) is 2.92. The molecular weight excluding hydrogens is 240 g/mol. The molecule has 1 aliphatic carbocycles. The number of halogens is 1. The molecule has 0 heterocycles. The van der Waals surface area contributed by atoms with Crippen LogP contribution in [0.1, 0.15) is 24.5 Å². The maximum absolute atomic E-state index is 5.85. The smallest absolute Gasteiger partial charge is 0.0921 e. The predicted molar refractivity (Wildman–Crippen MR) is 61.7 cm³/mol. The number of hydrogen-bond acceptors (Lipinski definition) is 1. The zero-order valence-corrected chi connectivity index (χ0v) is 9.74. The molecule has 0 N–H and O–H groups in total. The Bertz CT molecular complexity index is 269. The highest BCUT2D eigenvalue weighted by atomic mass is 79.9. The molecule has 2 heteroatoms. The van der Waals surface area contributed by atoms with E-state index >= 15 is 0 Å². The van der Waals surface area contributed by atoms with E-state index in [0.717, 1.165) is 17.9 Å². The lowest BCUT2D eigenvalue weighted by molar-refractivity contribution is 0.0619. The molecule has 0 radical (unpaired) electrons. The minimum Gasteiger partial charge on any atom is -0.372 e. The van der Waals surface area contributed by atoms with Crippen molar-refractivity contribution < 1.29 is 4.74 Å². The molecule has 0 aliphatic heterocycles. The summed E-state index contributed by atoms with van der Waals surface area (Å²) in [5, 5.41) is 0.879. The molecule has 14 heavy (non-hydrogen) atoms. The third-order valence-electron chi connectivity index (χ3n) is 2.54. The van der Waals surface area contributed by atoms with Crippen molar-refractivity contribution in [1.29, 1.82) is 0 Å². The summed E-state index contributed by atoms with van der Waals surface area (Å²) in [4.78, 5) is 0. The van der Waals surface area contributed by atoms with Crippen LogP contribution < -0.4 is 0 Å². The van der Waals surface area contributed by atoms with Gasteiger partial charge in [0.25, 0.3) is 0 Å². The summed E-state index contributed by atoms with van der Waals surface area (Å²) < 4.78 is 5.85. The number of alkyl halides is 1. The Balaban J connectivity index is 1.90. The molecule has 1 aromatic rings. The van der Waals surface area contributed by atoms with Gasteiger partial charge in [-0.05, 0) is 24.3 Å². The van der Waals surface area contributed by atoms with Crippen LogP contribution in [-0.4, -0.2) is 11.9 Å². The van der Waals surface area contributed by atoms with Crippen molar-refractivity contribution in [2.75, 3.05) is 11.9 Å². The maximum Gasteiger partial charge on any atom is 0.0921 e. The van der Waals surface area contributed by atoms with Gasteiger partial charge in [-0.25, -0.2) is 0 Å². The largest absolute Gasteiger partial charge is 0.372 e. The van der Waals surface area contributed by atoms with E-state index in [1.807, 2.05) is 6.07 Å². The van der Waals surface area contributed by atoms with E-state index in [9.17, 15) is 0 Å². The lowest BCUT2D eigenvalue weighted by Gasteiger charge is -2.15. The second-order valence-electron chi connectivity index (χ2n) is 3.83. The third kappa shape index (κ3) is 2.82. The summed E-state index contributed by atoms with van der Waals surface area (Å²) >= 11 is 3.50. The molecule has 0 amide bonds. The zero-order valence-electron chi connectivity index (χ0n) is 8.16. The van der Waals surface area contributed by atoms with E-state index in [2.05, 4.69) is 40.2 Å². The van der Waals surface area contributed by atoms with Crippen LogP contribution in [0.25, 0.3) is 0 Å². The van der Waals surface area contributed by atoms with Gasteiger partial charge in [-0.15, -0.1) is 0 Å². The molecule has 2 rings (SSSR count). The van der Waals surface area contributed by atoms with E-state index in [-0.39, 0.29) is 6.10 Å². The number of benzene rings is 1. The highest BCUT2D eigenvalue weighted by Crippen LogP contribution is 2.31. The van der Waals surface area contributed by atoms with Crippen LogP contribution in [0, 0.1) is 5.92 Å². The molecule has 1 unspecified atom stereocenters. The van der Waals surface area contributed by atoms with Crippen molar-refractivity contribution in [3.63, 3.8) is 0 Å². The molecule has 1 atom stereocenters. The Hall–Kier alpha value is -0.340. The Morgan fingerprint density at radius 1 is 1.29 bits per heavy atom. The van der Waals surface area contributed by atoms with Crippen LogP contribution in [0.3, 0.4) is 0 Å². The second kappa shape index (κ2) is 4.94. The van der Waals surface area contributed by atoms with E-state index < -0.39 is 0 Å². The van der Waals surface area contributed by atoms with Crippen LogP contribution in [0.15, 0.2) is 30.3 Å². The molecular formula is C12H15BrO. The van der Waals surface area contributed by atoms with Crippen LogP contribution in [0.5, 0.6) is 0 Å². The molecule has 1 fully saturated rings. The van der Waals surface area contributed by atoms with E-state index in [0.29, 0.717) is 0 Å². The first kappa shape index (κ1) is 10.2. The molecule has 1 aliphatic rings. The van der Waals surface area contributed by atoms with Crippen LogP contribution in [-0.2, 0) is 4.74 Å². The summed E-state index contributed by atoms with van der Waals surface area (Å²) in [6.45, 7) is 0.922. The molecule has 1 nitrogen and oxygen atoms in total.